The lowest BCUT2D eigenvalue weighted by Gasteiger charge is -2.28. The molecule has 1 unspecified atom stereocenters. The van der Waals surface area contributed by atoms with Crippen LogP contribution in [0.1, 0.15) is 39.5 Å². The number of halogens is 1. The molecule has 0 aliphatic carbocycles. The van der Waals surface area contributed by atoms with Crippen molar-refractivity contribution in [2.75, 3.05) is 23.3 Å². The average Bonchev–Trinajstić information content (AvgIpc) is 2.57. The van der Waals surface area contributed by atoms with Crippen LogP contribution >= 0.6 is 0 Å². The standard InChI is InChI=1S/C13H21FN4/c1-3-15-13-16-9-11(14)12(17-13)18-8-6-4-5-7-10(18)2/h9-10H,3-8H2,1-2H3,(H,15,16,17). The summed E-state index contributed by atoms with van der Waals surface area (Å²) in [6.45, 7) is 5.72. The van der Waals surface area contributed by atoms with E-state index in [2.05, 4.69) is 27.1 Å². The third-order valence-corrected chi connectivity index (χ3v) is 3.39. The highest BCUT2D eigenvalue weighted by atomic mass is 19.1. The Morgan fingerprint density at radius 2 is 2.28 bits per heavy atom. The maximum Gasteiger partial charge on any atom is 0.224 e. The lowest BCUT2D eigenvalue weighted by Crippen LogP contribution is -2.34. The molecule has 2 rings (SSSR count). The van der Waals surface area contributed by atoms with E-state index in [4.69, 9.17) is 0 Å². The van der Waals surface area contributed by atoms with E-state index in [1.165, 1.54) is 19.0 Å². The zero-order chi connectivity index (χ0) is 13.0. The van der Waals surface area contributed by atoms with Crippen LogP contribution in [0.15, 0.2) is 6.20 Å². The highest BCUT2D eigenvalue weighted by Gasteiger charge is 2.22. The number of nitrogens with zero attached hydrogens (tertiary/aromatic N) is 3. The van der Waals surface area contributed by atoms with Crippen LogP contribution in [-0.2, 0) is 0 Å². The highest BCUT2D eigenvalue weighted by molar-refractivity contribution is 5.44. The van der Waals surface area contributed by atoms with Gasteiger partial charge in [-0.05, 0) is 26.7 Å². The van der Waals surface area contributed by atoms with Gasteiger partial charge in [0, 0.05) is 19.1 Å². The lowest BCUT2D eigenvalue weighted by molar-refractivity contribution is 0.567. The summed E-state index contributed by atoms with van der Waals surface area (Å²) in [5, 5.41) is 3.03. The van der Waals surface area contributed by atoms with Crippen molar-refractivity contribution < 1.29 is 4.39 Å². The van der Waals surface area contributed by atoms with Crippen LogP contribution in [0.2, 0.25) is 0 Å². The summed E-state index contributed by atoms with van der Waals surface area (Å²) in [6.07, 6.45) is 5.89. The molecule has 1 aromatic rings. The molecule has 1 N–H and O–H groups in total. The van der Waals surface area contributed by atoms with Crippen molar-refractivity contribution in [1.29, 1.82) is 0 Å². The van der Waals surface area contributed by atoms with Gasteiger partial charge in [0.1, 0.15) is 0 Å². The van der Waals surface area contributed by atoms with E-state index in [0.29, 0.717) is 17.8 Å². The van der Waals surface area contributed by atoms with Crippen molar-refractivity contribution in [3.05, 3.63) is 12.0 Å². The number of hydrogen-bond acceptors (Lipinski definition) is 4. The lowest BCUT2D eigenvalue weighted by atomic mass is 10.1. The van der Waals surface area contributed by atoms with Gasteiger partial charge in [-0.1, -0.05) is 12.8 Å². The van der Waals surface area contributed by atoms with Crippen LogP contribution in [0, 0.1) is 5.82 Å². The van der Waals surface area contributed by atoms with E-state index in [1.54, 1.807) is 0 Å². The number of aromatic nitrogens is 2. The summed E-state index contributed by atoms with van der Waals surface area (Å²) in [7, 11) is 0. The zero-order valence-electron chi connectivity index (χ0n) is 11.1. The van der Waals surface area contributed by atoms with E-state index in [-0.39, 0.29) is 5.82 Å². The van der Waals surface area contributed by atoms with Crippen molar-refractivity contribution in [2.45, 2.75) is 45.6 Å². The van der Waals surface area contributed by atoms with Crippen LogP contribution < -0.4 is 10.2 Å². The molecule has 0 spiro atoms. The number of rotatable bonds is 3. The fraction of sp³-hybridized carbons (Fsp3) is 0.692. The van der Waals surface area contributed by atoms with Gasteiger partial charge in [-0.15, -0.1) is 0 Å². The highest BCUT2D eigenvalue weighted by Crippen LogP contribution is 2.25. The van der Waals surface area contributed by atoms with Gasteiger partial charge in [-0.2, -0.15) is 4.98 Å². The third-order valence-electron chi connectivity index (χ3n) is 3.39. The van der Waals surface area contributed by atoms with Crippen molar-refractivity contribution in [2.24, 2.45) is 0 Å². The molecule has 4 nitrogen and oxygen atoms in total. The summed E-state index contributed by atoms with van der Waals surface area (Å²) >= 11 is 0. The van der Waals surface area contributed by atoms with Crippen molar-refractivity contribution in [3.63, 3.8) is 0 Å². The van der Waals surface area contributed by atoms with Crippen LogP contribution in [0.3, 0.4) is 0 Å². The minimum absolute atomic E-state index is 0.328. The molecule has 0 bridgehead atoms. The van der Waals surface area contributed by atoms with Gasteiger partial charge in [-0.25, -0.2) is 9.37 Å². The molecular weight excluding hydrogens is 231 g/mol. The van der Waals surface area contributed by atoms with Gasteiger partial charge in [0.05, 0.1) is 6.20 Å². The molecule has 0 saturated carbocycles. The first-order valence-electron chi connectivity index (χ1n) is 6.75. The van der Waals surface area contributed by atoms with Gasteiger partial charge in [0.25, 0.3) is 0 Å². The van der Waals surface area contributed by atoms with Crippen LogP contribution in [-0.4, -0.2) is 29.1 Å². The van der Waals surface area contributed by atoms with E-state index in [9.17, 15) is 4.39 Å². The molecule has 18 heavy (non-hydrogen) atoms. The van der Waals surface area contributed by atoms with Crippen molar-refractivity contribution >= 4 is 11.8 Å². The molecule has 2 heterocycles. The largest absolute Gasteiger partial charge is 0.354 e. The van der Waals surface area contributed by atoms with E-state index >= 15 is 0 Å². The zero-order valence-corrected chi connectivity index (χ0v) is 11.1. The SMILES string of the molecule is CCNc1ncc(F)c(N2CCCCCC2C)n1. The van der Waals surface area contributed by atoms with E-state index < -0.39 is 0 Å². The smallest absolute Gasteiger partial charge is 0.224 e. The molecule has 1 aliphatic rings. The second kappa shape index (κ2) is 5.98. The maximum atomic E-state index is 13.9. The second-order valence-corrected chi connectivity index (χ2v) is 4.79. The summed E-state index contributed by atoms with van der Waals surface area (Å²) < 4.78 is 13.9. The molecule has 0 radical (unpaired) electrons. The average molecular weight is 252 g/mol. The molecule has 1 saturated heterocycles. The Kier molecular flexibility index (Phi) is 4.33. The number of anilines is 2. The summed E-state index contributed by atoms with van der Waals surface area (Å²) in [4.78, 5) is 10.3. The second-order valence-electron chi connectivity index (χ2n) is 4.79. The van der Waals surface area contributed by atoms with Crippen molar-refractivity contribution in [1.82, 2.24) is 9.97 Å². The molecule has 100 valence electrons. The summed E-state index contributed by atoms with van der Waals surface area (Å²) in [5.41, 5.74) is 0. The Morgan fingerprint density at radius 3 is 3.06 bits per heavy atom. The predicted molar refractivity (Wildman–Crippen MR) is 71.4 cm³/mol. The minimum atomic E-state index is -0.328. The summed E-state index contributed by atoms with van der Waals surface area (Å²) in [5.74, 6) is 0.617. The van der Waals surface area contributed by atoms with Crippen LogP contribution in [0.5, 0.6) is 0 Å². The van der Waals surface area contributed by atoms with E-state index in [0.717, 1.165) is 25.9 Å². The molecule has 0 aromatic carbocycles. The third kappa shape index (κ3) is 2.89. The van der Waals surface area contributed by atoms with E-state index in [1.807, 2.05) is 6.92 Å². The van der Waals surface area contributed by atoms with Gasteiger partial charge >= 0.3 is 0 Å². The summed E-state index contributed by atoms with van der Waals surface area (Å²) in [6, 6.07) is 0.339. The van der Waals surface area contributed by atoms with Gasteiger partial charge in [0.2, 0.25) is 5.95 Å². The Hall–Kier alpha value is -1.39. The quantitative estimate of drug-likeness (QED) is 0.898. The topological polar surface area (TPSA) is 41.1 Å². The Balaban J connectivity index is 2.26. The normalized spacial score (nSPS) is 20.6. The molecule has 1 atom stereocenters. The molecule has 5 heteroatoms. The Bertz CT molecular complexity index is 397. The molecular formula is C13H21FN4. The first-order chi connectivity index (χ1) is 8.72. The Labute approximate surface area is 108 Å². The first-order valence-corrected chi connectivity index (χ1v) is 6.75. The fourth-order valence-electron chi connectivity index (χ4n) is 2.39. The first kappa shape index (κ1) is 13.1. The molecule has 1 aromatic heterocycles. The van der Waals surface area contributed by atoms with Crippen LogP contribution in [0.4, 0.5) is 16.2 Å². The monoisotopic (exact) mass is 252 g/mol. The maximum absolute atomic E-state index is 13.9. The number of hydrogen-bond donors (Lipinski definition) is 1. The number of nitrogens with one attached hydrogen (secondary N) is 1. The molecule has 1 fully saturated rings. The van der Waals surface area contributed by atoms with Gasteiger partial charge in [0.15, 0.2) is 11.6 Å². The van der Waals surface area contributed by atoms with Gasteiger partial charge < -0.3 is 10.2 Å². The fourth-order valence-corrected chi connectivity index (χ4v) is 2.39. The Morgan fingerprint density at radius 1 is 1.44 bits per heavy atom. The molecule has 1 aliphatic heterocycles. The molecule has 0 amide bonds. The van der Waals surface area contributed by atoms with Crippen LogP contribution in [0.25, 0.3) is 0 Å². The van der Waals surface area contributed by atoms with Gasteiger partial charge in [-0.3, -0.25) is 0 Å². The van der Waals surface area contributed by atoms with Crippen molar-refractivity contribution in [3.8, 4) is 0 Å². The minimum Gasteiger partial charge on any atom is -0.354 e. The predicted octanol–water partition coefficient (Wildman–Crippen LogP) is 2.82.